The van der Waals surface area contributed by atoms with Gasteiger partial charge in [0.1, 0.15) is 18.5 Å². The largest absolute Gasteiger partial charge is 0.400 e. The molecule has 3 heterocycles. The van der Waals surface area contributed by atoms with Crippen molar-refractivity contribution >= 4 is 36.5 Å². The topological polar surface area (TPSA) is 74.5 Å². The standard InChI is InChI=1S/C27H32N5O3Si/c1-26(2,3)23-17-33-27(35-23,32-19-29-22-16-28-25(31(4)5)30-24(22)32)18-34-36(20-12-8-6-9-13-20)21-14-10-7-11-15-21/h6-16,19,23H,17-18H2,1-5H3/t23-,27+/m1/s1. The number of ether oxygens (including phenoxy) is 2. The van der Waals surface area contributed by atoms with E-state index >= 15 is 0 Å². The van der Waals surface area contributed by atoms with E-state index < -0.39 is 15.0 Å². The maximum absolute atomic E-state index is 6.76. The SMILES string of the molecule is CN(C)c1ncc2ncn([C@@]3(CO[Si](c4ccccc4)c4ccccc4)OC[C@H](C(C)(C)C)O3)c2n1. The first-order chi connectivity index (χ1) is 17.3. The predicted molar refractivity (Wildman–Crippen MR) is 142 cm³/mol. The van der Waals surface area contributed by atoms with Gasteiger partial charge < -0.3 is 18.8 Å². The molecule has 2 atom stereocenters. The molecule has 1 radical (unpaired) electrons. The van der Waals surface area contributed by atoms with E-state index in [1.807, 2.05) is 60.0 Å². The lowest BCUT2D eigenvalue weighted by Crippen LogP contribution is -2.50. The summed E-state index contributed by atoms with van der Waals surface area (Å²) < 4.78 is 21.8. The van der Waals surface area contributed by atoms with Gasteiger partial charge in [-0.25, -0.2) is 9.97 Å². The first kappa shape index (κ1) is 24.6. The molecule has 2 aromatic heterocycles. The van der Waals surface area contributed by atoms with Gasteiger partial charge in [0, 0.05) is 14.1 Å². The lowest BCUT2D eigenvalue weighted by Gasteiger charge is -2.33. The second-order valence-electron chi connectivity index (χ2n) is 10.2. The van der Waals surface area contributed by atoms with Crippen LogP contribution in [0, 0.1) is 5.41 Å². The van der Waals surface area contributed by atoms with Crippen molar-refractivity contribution < 1.29 is 13.9 Å². The lowest BCUT2D eigenvalue weighted by molar-refractivity contribution is -0.253. The van der Waals surface area contributed by atoms with Crippen molar-refractivity contribution in [3.8, 4) is 0 Å². The Kier molecular flexibility index (Phi) is 6.65. The van der Waals surface area contributed by atoms with Crippen LogP contribution in [0.1, 0.15) is 20.8 Å². The second kappa shape index (κ2) is 9.74. The van der Waals surface area contributed by atoms with Crippen LogP contribution in [0.15, 0.2) is 73.2 Å². The third-order valence-electron chi connectivity index (χ3n) is 6.27. The number of benzene rings is 2. The molecule has 9 heteroatoms. The van der Waals surface area contributed by atoms with E-state index in [9.17, 15) is 0 Å². The summed E-state index contributed by atoms with van der Waals surface area (Å²) in [7, 11) is 2.24. The Labute approximate surface area is 213 Å². The summed E-state index contributed by atoms with van der Waals surface area (Å²) in [5.74, 6) is -0.617. The van der Waals surface area contributed by atoms with Crippen molar-refractivity contribution in [3.63, 3.8) is 0 Å². The third-order valence-corrected chi connectivity index (χ3v) is 8.42. The normalized spacial score (nSPS) is 20.3. The average Bonchev–Trinajstić information content (AvgIpc) is 3.50. The van der Waals surface area contributed by atoms with E-state index in [2.05, 4.69) is 55.0 Å². The Morgan fingerprint density at radius 1 is 1.03 bits per heavy atom. The van der Waals surface area contributed by atoms with Gasteiger partial charge in [0.2, 0.25) is 5.95 Å². The molecule has 36 heavy (non-hydrogen) atoms. The van der Waals surface area contributed by atoms with Gasteiger partial charge in [0.25, 0.3) is 15.0 Å². The van der Waals surface area contributed by atoms with Gasteiger partial charge in [-0.1, -0.05) is 81.4 Å². The minimum Gasteiger partial charge on any atom is -0.400 e. The lowest BCUT2D eigenvalue weighted by atomic mass is 9.90. The first-order valence-electron chi connectivity index (χ1n) is 12.1. The molecule has 0 amide bonds. The molecule has 0 bridgehead atoms. The molecule has 0 spiro atoms. The molecule has 5 rings (SSSR count). The van der Waals surface area contributed by atoms with E-state index in [0.29, 0.717) is 23.7 Å². The highest BCUT2D eigenvalue weighted by molar-refractivity contribution is 6.80. The van der Waals surface area contributed by atoms with Gasteiger partial charge in [-0.3, -0.25) is 4.57 Å². The highest BCUT2D eigenvalue weighted by atomic mass is 28.3. The molecule has 2 aromatic carbocycles. The van der Waals surface area contributed by atoms with Gasteiger partial charge in [-0.15, -0.1) is 0 Å². The molecule has 1 aliphatic rings. The number of rotatable bonds is 7. The second-order valence-corrected chi connectivity index (χ2v) is 12.3. The van der Waals surface area contributed by atoms with Gasteiger partial charge in [-0.05, 0) is 15.8 Å². The number of hydrogen-bond acceptors (Lipinski definition) is 7. The van der Waals surface area contributed by atoms with Crippen LogP contribution in [-0.4, -0.2) is 62.0 Å². The van der Waals surface area contributed by atoms with Crippen LogP contribution in [-0.2, 0) is 19.8 Å². The monoisotopic (exact) mass is 502 g/mol. The summed E-state index contributed by atoms with van der Waals surface area (Å²) in [5, 5.41) is 2.31. The van der Waals surface area contributed by atoms with Crippen LogP contribution in [0.4, 0.5) is 5.95 Å². The molecule has 0 unspecified atom stereocenters. The number of hydrogen-bond donors (Lipinski definition) is 0. The fraction of sp³-hybridized carbons (Fsp3) is 0.370. The fourth-order valence-corrected chi connectivity index (χ4v) is 6.12. The average molecular weight is 503 g/mol. The summed E-state index contributed by atoms with van der Waals surface area (Å²) in [6, 6.07) is 20.7. The number of fused-ring (bicyclic) bond motifs is 1. The molecular formula is C27H32N5O3Si. The van der Waals surface area contributed by atoms with Crippen molar-refractivity contribution in [2.45, 2.75) is 32.8 Å². The Morgan fingerprint density at radius 2 is 1.67 bits per heavy atom. The number of aromatic nitrogens is 4. The van der Waals surface area contributed by atoms with Crippen LogP contribution in [0.3, 0.4) is 0 Å². The molecule has 1 fully saturated rings. The Bertz CT molecular complexity index is 1270. The molecule has 4 aromatic rings. The van der Waals surface area contributed by atoms with E-state index in [1.165, 1.54) is 0 Å². The molecule has 1 saturated heterocycles. The summed E-state index contributed by atoms with van der Waals surface area (Å²) in [6.07, 6.45) is 3.31. The maximum atomic E-state index is 6.76. The van der Waals surface area contributed by atoms with E-state index in [-0.39, 0.29) is 18.1 Å². The van der Waals surface area contributed by atoms with Crippen molar-refractivity contribution in [2.75, 3.05) is 32.2 Å². The molecule has 187 valence electrons. The zero-order valence-corrected chi connectivity index (χ0v) is 22.4. The zero-order chi connectivity index (χ0) is 25.3. The van der Waals surface area contributed by atoms with E-state index in [4.69, 9.17) is 18.9 Å². The van der Waals surface area contributed by atoms with Crippen LogP contribution in [0.25, 0.3) is 11.2 Å². The van der Waals surface area contributed by atoms with Crippen LogP contribution >= 0.6 is 0 Å². The highest BCUT2D eigenvalue weighted by Gasteiger charge is 2.49. The molecule has 8 nitrogen and oxygen atoms in total. The predicted octanol–water partition coefficient (Wildman–Crippen LogP) is 2.79. The molecule has 0 aliphatic carbocycles. The Hall–Kier alpha value is -3.11. The zero-order valence-electron chi connectivity index (χ0n) is 21.4. The summed E-state index contributed by atoms with van der Waals surface area (Å²) in [6.45, 7) is 7.08. The van der Waals surface area contributed by atoms with Crippen LogP contribution in [0.5, 0.6) is 0 Å². The number of anilines is 1. The van der Waals surface area contributed by atoms with Gasteiger partial charge >= 0.3 is 0 Å². The summed E-state index contributed by atoms with van der Waals surface area (Å²) in [4.78, 5) is 15.6. The number of nitrogens with zero attached hydrogens (tertiary/aromatic N) is 5. The Morgan fingerprint density at radius 3 is 2.22 bits per heavy atom. The van der Waals surface area contributed by atoms with Gasteiger partial charge in [-0.2, -0.15) is 4.98 Å². The molecule has 0 N–H and O–H groups in total. The van der Waals surface area contributed by atoms with Gasteiger partial charge in [0.05, 0.1) is 18.9 Å². The first-order valence-corrected chi connectivity index (χ1v) is 13.5. The molecule has 1 aliphatic heterocycles. The third kappa shape index (κ3) is 4.79. The molecule has 0 saturated carbocycles. The van der Waals surface area contributed by atoms with Crippen molar-refractivity contribution in [3.05, 3.63) is 73.2 Å². The Balaban J connectivity index is 1.55. The van der Waals surface area contributed by atoms with Crippen molar-refractivity contribution in [1.82, 2.24) is 19.5 Å². The highest BCUT2D eigenvalue weighted by Crippen LogP contribution is 2.38. The quantitative estimate of drug-likeness (QED) is 0.360. The van der Waals surface area contributed by atoms with Gasteiger partial charge in [0.15, 0.2) is 5.65 Å². The van der Waals surface area contributed by atoms with Crippen molar-refractivity contribution in [2.24, 2.45) is 5.41 Å². The fourth-order valence-electron chi connectivity index (χ4n) is 4.14. The van der Waals surface area contributed by atoms with Crippen molar-refractivity contribution in [1.29, 1.82) is 0 Å². The maximum Gasteiger partial charge on any atom is 0.283 e. The van der Waals surface area contributed by atoms with Crippen LogP contribution in [0.2, 0.25) is 0 Å². The summed E-state index contributed by atoms with van der Waals surface area (Å²) >= 11 is 0. The van der Waals surface area contributed by atoms with E-state index in [0.717, 1.165) is 10.4 Å². The number of imidazole rings is 1. The smallest absolute Gasteiger partial charge is 0.283 e. The van der Waals surface area contributed by atoms with Crippen LogP contribution < -0.4 is 15.3 Å². The molecular weight excluding hydrogens is 470 g/mol. The minimum atomic E-state index is -1.58. The summed E-state index contributed by atoms with van der Waals surface area (Å²) in [5.41, 5.74) is 1.19. The minimum absolute atomic E-state index is 0.117. The van der Waals surface area contributed by atoms with E-state index in [1.54, 1.807) is 12.5 Å².